The van der Waals surface area contributed by atoms with E-state index >= 15 is 0 Å². The first-order valence-electron chi connectivity index (χ1n) is 15.4. The van der Waals surface area contributed by atoms with Crippen molar-refractivity contribution in [2.45, 2.75) is 0 Å². The lowest BCUT2D eigenvalue weighted by Crippen LogP contribution is -2.50. The van der Waals surface area contributed by atoms with Gasteiger partial charge in [-0.25, -0.2) is 9.97 Å². The Labute approximate surface area is 259 Å². The van der Waals surface area contributed by atoms with Crippen molar-refractivity contribution < 1.29 is 14.3 Å². The molecule has 1 amide bonds. The van der Waals surface area contributed by atoms with Crippen molar-refractivity contribution >= 4 is 39.2 Å². The van der Waals surface area contributed by atoms with Gasteiger partial charge in [-0.2, -0.15) is 0 Å². The van der Waals surface area contributed by atoms with Crippen LogP contribution in [0.4, 0.5) is 11.6 Å². The Morgan fingerprint density at radius 1 is 0.889 bits per heavy atom. The van der Waals surface area contributed by atoms with Crippen LogP contribution in [0.1, 0.15) is 10.4 Å². The van der Waals surface area contributed by atoms with Crippen molar-refractivity contribution in [3.8, 4) is 17.2 Å². The molecule has 5 heterocycles. The second-order valence-corrected chi connectivity index (χ2v) is 11.6. The molecule has 0 atom stereocenters. The van der Waals surface area contributed by atoms with Crippen LogP contribution in [0.5, 0.6) is 11.5 Å². The van der Waals surface area contributed by atoms with Gasteiger partial charge in [-0.15, -0.1) is 0 Å². The van der Waals surface area contributed by atoms with Crippen LogP contribution in [0.3, 0.4) is 0 Å². The summed E-state index contributed by atoms with van der Waals surface area (Å²) in [6.07, 6.45) is 5.13. The highest BCUT2D eigenvalue weighted by Crippen LogP contribution is 2.45. The van der Waals surface area contributed by atoms with Gasteiger partial charge in [0.05, 0.1) is 30.0 Å². The van der Waals surface area contributed by atoms with E-state index in [4.69, 9.17) is 9.47 Å². The molecule has 0 spiro atoms. The number of anilines is 2. The second kappa shape index (κ2) is 11.5. The summed E-state index contributed by atoms with van der Waals surface area (Å²) in [6.45, 7) is 7.02. The first-order valence-corrected chi connectivity index (χ1v) is 15.4. The van der Waals surface area contributed by atoms with Crippen molar-refractivity contribution in [1.29, 1.82) is 0 Å². The summed E-state index contributed by atoms with van der Waals surface area (Å²) in [7, 11) is 0. The minimum atomic E-state index is -0.297. The summed E-state index contributed by atoms with van der Waals surface area (Å²) in [5.74, 6) is 1.63. The van der Waals surface area contributed by atoms with Gasteiger partial charge in [0.2, 0.25) is 11.4 Å². The van der Waals surface area contributed by atoms with Crippen molar-refractivity contribution in [2.24, 2.45) is 0 Å². The number of nitrogens with zero attached hydrogens (tertiary/aromatic N) is 6. The third-order valence-electron chi connectivity index (χ3n) is 8.90. The van der Waals surface area contributed by atoms with E-state index in [9.17, 15) is 9.59 Å². The molecule has 3 aliphatic heterocycles. The number of hydrogen-bond acceptors (Lipinski definition) is 9. The monoisotopic (exact) mass is 603 g/mol. The average molecular weight is 604 g/mol. The number of piperazine rings is 1. The highest BCUT2D eigenvalue weighted by atomic mass is 16.5. The van der Waals surface area contributed by atoms with Gasteiger partial charge in [-0.1, -0.05) is 24.3 Å². The lowest BCUT2D eigenvalue weighted by atomic mass is 10.0. The molecule has 45 heavy (non-hydrogen) atoms. The van der Waals surface area contributed by atoms with E-state index in [1.165, 1.54) is 0 Å². The van der Waals surface area contributed by atoms with Crippen LogP contribution in [0.25, 0.3) is 27.4 Å². The van der Waals surface area contributed by atoms with Crippen LogP contribution in [-0.2, 0) is 4.74 Å². The van der Waals surface area contributed by atoms with Crippen LogP contribution in [0.2, 0.25) is 0 Å². The molecule has 0 unspecified atom stereocenters. The van der Waals surface area contributed by atoms with Gasteiger partial charge in [0, 0.05) is 70.9 Å². The Kier molecular flexibility index (Phi) is 7.03. The zero-order valence-electron chi connectivity index (χ0n) is 24.8. The van der Waals surface area contributed by atoms with E-state index in [-0.39, 0.29) is 16.9 Å². The van der Waals surface area contributed by atoms with E-state index < -0.39 is 0 Å². The molecule has 2 fully saturated rings. The number of fused-ring (bicyclic) bond motifs is 3. The predicted molar refractivity (Wildman–Crippen MR) is 173 cm³/mol. The number of hydrogen-bond donors (Lipinski definition) is 1. The van der Waals surface area contributed by atoms with Crippen LogP contribution in [0.15, 0.2) is 78.0 Å². The van der Waals surface area contributed by atoms with Crippen molar-refractivity contribution in [1.82, 2.24) is 24.3 Å². The lowest BCUT2D eigenvalue weighted by molar-refractivity contribution is 0.0398. The van der Waals surface area contributed by atoms with Crippen LogP contribution in [-0.4, -0.2) is 95.8 Å². The maximum absolute atomic E-state index is 14.0. The molecular formula is C34H33N7O4. The van der Waals surface area contributed by atoms with Gasteiger partial charge in [0.1, 0.15) is 11.1 Å². The standard InChI is InChI=1S/C34H33N7O4/c42-31-25-6-7-27(35-10-11-38-16-18-44-19-17-38)32-30(25)41(28-20-23-4-1-2-5-24(23)21-29(28)45-32)22-26(31)33(43)39-12-14-40(15-13-39)34-36-8-3-9-37-34/h1-9,20-22,35H,10-19H2. The van der Waals surface area contributed by atoms with Gasteiger partial charge in [-0.3, -0.25) is 14.5 Å². The molecule has 228 valence electrons. The molecule has 2 saturated heterocycles. The Morgan fingerprint density at radius 2 is 1.64 bits per heavy atom. The maximum Gasteiger partial charge on any atom is 0.259 e. The Balaban J connectivity index is 1.17. The van der Waals surface area contributed by atoms with Gasteiger partial charge >= 0.3 is 0 Å². The summed E-state index contributed by atoms with van der Waals surface area (Å²) in [4.78, 5) is 42.8. The number of aromatic nitrogens is 3. The number of nitrogens with one attached hydrogen (secondary N) is 1. The highest BCUT2D eigenvalue weighted by molar-refractivity contribution is 6.02. The Bertz CT molecular complexity index is 1970. The quantitative estimate of drug-likeness (QED) is 0.305. The molecule has 0 aliphatic carbocycles. The minimum Gasteiger partial charge on any atom is -0.451 e. The number of benzene rings is 3. The van der Waals surface area contributed by atoms with E-state index in [0.717, 1.165) is 55.0 Å². The van der Waals surface area contributed by atoms with E-state index in [0.29, 0.717) is 61.1 Å². The zero-order chi connectivity index (χ0) is 30.3. The number of morpholine rings is 1. The molecule has 3 aromatic carbocycles. The second-order valence-electron chi connectivity index (χ2n) is 11.6. The normalized spacial score (nSPS) is 16.4. The summed E-state index contributed by atoms with van der Waals surface area (Å²) in [5.41, 5.74) is 2.10. The molecule has 3 aliphatic rings. The third kappa shape index (κ3) is 5.03. The van der Waals surface area contributed by atoms with Crippen molar-refractivity contribution in [3.63, 3.8) is 0 Å². The molecule has 0 bridgehead atoms. The molecule has 0 saturated carbocycles. The van der Waals surface area contributed by atoms with Gasteiger partial charge in [0.25, 0.3) is 5.91 Å². The Morgan fingerprint density at radius 3 is 2.42 bits per heavy atom. The number of carbonyl (C=O) groups excluding carboxylic acids is 1. The number of ether oxygens (including phenoxy) is 2. The SMILES string of the molecule is O=C(c1cn2c3c(c(NCCN4CCOCC4)ccc3c1=O)Oc1cc3ccccc3cc1-2)N1CCN(c2ncccn2)CC1. The van der Waals surface area contributed by atoms with Crippen molar-refractivity contribution in [3.05, 3.63) is 89.0 Å². The number of amides is 1. The average Bonchev–Trinajstić information content (AvgIpc) is 3.10. The minimum absolute atomic E-state index is 0.145. The topological polar surface area (TPSA) is 105 Å². The molecule has 8 rings (SSSR count). The fourth-order valence-corrected chi connectivity index (χ4v) is 6.47. The van der Waals surface area contributed by atoms with E-state index in [1.807, 2.05) is 34.9 Å². The van der Waals surface area contributed by atoms with Crippen molar-refractivity contribution in [2.75, 3.05) is 75.8 Å². The summed E-state index contributed by atoms with van der Waals surface area (Å²) in [5, 5.41) is 6.09. The maximum atomic E-state index is 14.0. The summed E-state index contributed by atoms with van der Waals surface area (Å²) in [6, 6.07) is 17.7. The molecule has 1 N–H and O–H groups in total. The largest absolute Gasteiger partial charge is 0.451 e. The van der Waals surface area contributed by atoms with Crippen LogP contribution in [0, 0.1) is 0 Å². The first-order chi connectivity index (χ1) is 22.1. The lowest BCUT2D eigenvalue weighted by Gasteiger charge is -2.34. The molecule has 0 radical (unpaired) electrons. The number of pyridine rings is 1. The number of rotatable bonds is 6. The van der Waals surface area contributed by atoms with Gasteiger partial charge in [0.15, 0.2) is 11.5 Å². The predicted octanol–water partition coefficient (Wildman–Crippen LogP) is 3.75. The third-order valence-corrected chi connectivity index (χ3v) is 8.90. The summed E-state index contributed by atoms with van der Waals surface area (Å²) < 4.78 is 14.0. The fourth-order valence-electron chi connectivity index (χ4n) is 6.47. The molecular weight excluding hydrogens is 570 g/mol. The van der Waals surface area contributed by atoms with E-state index in [1.54, 1.807) is 29.6 Å². The first kappa shape index (κ1) is 27.5. The highest BCUT2D eigenvalue weighted by Gasteiger charge is 2.30. The van der Waals surface area contributed by atoms with Crippen LogP contribution >= 0.6 is 0 Å². The van der Waals surface area contributed by atoms with Gasteiger partial charge in [-0.05, 0) is 41.1 Å². The summed E-state index contributed by atoms with van der Waals surface area (Å²) >= 11 is 0. The molecule has 5 aromatic rings. The Hall–Kier alpha value is -5.00. The zero-order valence-corrected chi connectivity index (χ0v) is 24.8. The van der Waals surface area contributed by atoms with E-state index in [2.05, 4.69) is 43.3 Å². The molecule has 11 heteroatoms. The molecule has 2 aromatic heterocycles. The number of carbonyl (C=O) groups is 1. The molecule has 11 nitrogen and oxygen atoms in total. The van der Waals surface area contributed by atoms with Crippen LogP contribution < -0.4 is 20.4 Å². The smallest absolute Gasteiger partial charge is 0.259 e. The fraction of sp³-hybridized carbons (Fsp3) is 0.294. The van der Waals surface area contributed by atoms with Gasteiger partial charge < -0.3 is 29.2 Å².